The van der Waals surface area contributed by atoms with Crippen molar-refractivity contribution in [2.45, 2.75) is 31.7 Å². The topological polar surface area (TPSA) is 44.8 Å². The van der Waals surface area contributed by atoms with Crippen molar-refractivity contribution in [2.24, 2.45) is 0 Å². The molecular weight excluding hydrogens is 429 g/mol. The van der Waals surface area contributed by atoms with Gasteiger partial charge in [-0.1, -0.05) is 35.9 Å². The Labute approximate surface area is 200 Å². The van der Waals surface area contributed by atoms with Gasteiger partial charge in [0.25, 0.3) is 0 Å². The second-order valence-electron chi connectivity index (χ2n) is 9.45. The summed E-state index contributed by atoms with van der Waals surface area (Å²) in [5.74, 6) is 0.425. The molecule has 0 unspecified atom stereocenters. The van der Waals surface area contributed by atoms with Crippen molar-refractivity contribution in [1.82, 2.24) is 4.90 Å². The summed E-state index contributed by atoms with van der Waals surface area (Å²) in [6, 6.07) is 20.4. The van der Waals surface area contributed by atoms with E-state index in [1.54, 1.807) is 24.1 Å². The van der Waals surface area contributed by atoms with Crippen LogP contribution in [0, 0.1) is 12.7 Å². The Morgan fingerprint density at radius 1 is 1.06 bits per heavy atom. The molecule has 34 heavy (non-hydrogen) atoms. The molecule has 5 nitrogen and oxygen atoms in total. The average molecular weight is 460 g/mol. The molecule has 1 N–H and O–H groups in total. The van der Waals surface area contributed by atoms with Gasteiger partial charge in [0, 0.05) is 29.9 Å². The molecule has 2 aliphatic rings. The van der Waals surface area contributed by atoms with Gasteiger partial charge >= 0.3 is 6.03 Å². The maximum atomic E-state index is 13.6. The number of likely N-dealkylation sites (tertiary alicyclic amines) is 1. The molecule has 6 heteroatoms. The number of carbonyl (C=O) groups is 1. The number of hydrogen-bond donors (Lipinski definition) is 1. The number of nitrogens with one attached hydrogen (secondary N) is 1. The summed E-state index contributed by atoms with van der Waals surface area (Å²) >= 11 is 0. The van der Waals surface area contributed by atoms with E-state index in [-0.39, 0.29) is 17.3 Å². The van der Waals surface area contributed by atoms with Gasteiger partial charge in [-0.05, 0) is 80.4 Å². The summed E-state index contributed by atoms with van der Waals surface area (Å²) in [5, 5.41) is 2.87. The van der Waals surface area contributed by atoms with E-state index >= 15 is 0 Å². The molecule has 0 aliphatic carbocycles. The Hall–Kier alpha value is -3.38. The number of urea groups is 1. The number of aryl methyl sites for hydroxylation is 1. The lowest BCUT2D eigenvalue weighted by Gasteiger charge is -2.40. The third-order valence-electron chi connectivity index (χ3n) is 7.19. The minimum atomic E-state index is -0.373. The zero-order valence-corrected chi connectivity index (χ0v) is 19.7. The highest BCUT2D eigenvalue weighted by atomic mass is 19.1. The molecule has 5 rings (SSSR count). The number of methoxy groups -OCH3 is 1. The van der Waals surface area contributed by atoms with E-state index in [2.05, 4.69) is 47.5 Å². The first-order valence-corrected chi connectivity index (χ1v) is 11.8. The van der Waals surface area contributed by atoms with Crippen molar-refractivity contribution >= 4 is 17.4 Å². The molecule has 0 atom stereocenters. The normalized spacial score (nSPS) is 17.0. The van der Waals surface area contributed by atoms with Crippen molar-refractivity contribution in [2.75, 3.05) is 37.0 Å². The van der Waals surface area contributed by atoms with Gasteiger partial charge in [0.15, 0.2) is 0 Å². The summed E-state index contributed by atoms with van der Waals surface area (Å²) in [6.45, 7) is 5.57. The number of anilines is 2. The summed E-state index contributed by atoms with van der Waals surface area (Å²) in [7, 11) is 1.67. The monoisotopic (exact) mass is 459 g/mol. The minimum absolute atomic E-state index is 0.118. The number of carbonyl (C=O) groups excluding carboxylic acids is 1. The van der Waals surface area contributed by atoms with E-state index in [0.29, 0.717) is 12.2 Å². The van der Waals surface area contributed by atoms with Crippen LogP contribution in [-0.4, -0.2) is 37.7 Å². The Balaban J connectivity index is 1.36. The van der Waals surface area contributed by atoms with Crippen LogP contribution in [0.15, 0.2) is 66.7 Å². The van der Waals surface area contributed by atoms with Gasteiger partial charge in [-0.15, -0.1) is 0 Å². The fourth-order valence-corrected chi connectivity index (χ4v) is 5.23. The number of rotatable bonds is 4. The number of fused-ring (bicyclic) bond motifs is 2. The molecule has 1 saturated heterocycles. The highest BCUT2D eigenvalue weighted by molar-refractivity contribution is 6.03. The number of halogens is 1. The molecule has 0 saturated carbocycles. The number of hydrogen-bond acceptors (Lipinski definition) is 3. The van der Waals surface area contributed by atoms with Crippen molar-refractivity contribution < 1.29 is 13.9 Å². The Kier molecular flexibility index (Phi) is 6.00. The van der Waals surface area contributed by atoms with Crippen molar-refractivity contribution in [1.29, 1.82) is 0 Å². The number of piperidine rings is 1. The minimum Gasteiger partial charge on any atom is -0.497 e. The van der Waals surface area contributed by atoms with Crippen molar-refractivity contribution in [3.05, 3.63) is 89.2 Å². The molecule has 0 radical (unpaired) electrons. The molecule has 1 spiro atoms. The molecule has 2 aliphatic heterocycles. The summed E-state index contributed by atoms with van der Waals surface area (Å²) in [4.78, 5) is 17.5. The largest absolute Gasteiger partial charge is 0.497 e. The predicted octanol–water partition coefficient (Wildman–Crippen LogP) is 5.73. The van der Waals surface area contributed by atoms with Crippen LogP contribution in [0.25, 0.3) is 0 Å². The predicted molar refractivity (Wildman–Crippen MR) is 133 cm³/mol. The van der Waals surface area contributed by atoms with Gasteiger partial charge in [0.2, 0.25) is 0 Å². The summed E-state index contributed by atoms with van der Waals surface area (Å²) < 4.78 is 19.1. The number of ether oxygens (including phenoxy) is 1. The third-order valence-corrected chi connectivity index (χ3v) is 7.19. The first-order valence-electron chi connectivity index (χ1n) is 11.8. The molecule has 0 bridgehead atoms. The van der Waals surface area contributed by atoms with E-state index in [1.807, 2.05) is 12.1 Å². The fraction of sp³-hybridized carbons (Fsp3) is 0.321. The smallest absolute Gasteiger partial charge is 0.326 e. The van der Waals surface area contributed by atoms with Crippen LogP contribution in [0.2, 0.25) is 0 Å². The van der Waals surface area contributed by atoms with Crippen LogP contribution in [0.3, 0.4) is 0 Å². The summed E-state index contributed by atoms with van der Waals surface area (Å²) in [5.41, 5.74) is 5.00. The molecule has 1 fully saturated rings. The van der Waals surface area contributed by atoms with Gasteiger partial charge in [-0.2, -0.15) is 0 Å². The highest BCUT2D eigenvalue weighted by Crippen LogP contribution is 2.48. The molecular formula is C28H30FN3O2. The maximum Gasteiger partial charge on any atom is 0.326 e. The number of amides is 2. The molecule has 3 aromatic carbocycles. The van der Waals surface area contributed by atoms with Crippen LogP contribution in [0.4, 0.5) is 20.6 Å². The van der Waals surface area contributed by atoms with E-state index in [9.17, 15) is 9.18 Å². The second-order valence-corrected chi connectivity index (χ2v) is 9.45. The Morgan fingerprint density at radius 3 is 2.53 bits per heavy atom. The van der Waals surface area contributed by atoms with Gasteiger partial charge in [-0.25, -0.2) is 9.18 Å². The quantitative estimate of drug-likeness (QED) is 0.542. The lowest BCUT2D eigenvalue weighted by molar-refractivity contribution is 0.160. The van der Waals surface area contributed by atoms with Crippen LogP contribution in [-0.2, 0) is 12.0 Å². The zero-order chi connectivity index (χ0) is 23.7. The van der Waals surface area contributed by atoms with Crippen molar-refractivity contribution in [3.8, 4) is 5.75 Å². The van der Waals surface area contributed by atoms with Gasteiger partial charge < -0.3 is 10.1 Å². The van der Waals surface area contributed by atoms with Gasteiger partial charge in [0.05, 0.1) is 7.11 Å². The third kappa shape index (κ3) is 4.38. The molecule has 176 valence electrons. The van der Waals surface area contributed by atoms with Crippen LogP contribution < -0.4 is 15.0 Å². The first-order chi connectivity index (χ1) is 16.5. The standard InChI is InChI=1S/C28H30FN3O2/c1-20-6-8-21(9-7-20)18-31-14-12-28(13-15-31)19-32(26-11-10-24(34-2)17-25(26)28)27(33)30-23-5-3-4-22(29)16-23/h3-11,16-17H,12-15,18-19H2,1-2H3,(H,30,33). The molecule has 3 aromatic rings. The number of nitrogens with zero attached hydrogens (tertiary/aromatic N) is 2. The van der Waals surface area contributed by atoms with E-state index in [1.165, 1.54) is 23.3 Å². The van der Waals surface area contributed by atoms with E-state index in [4.69, 9.17) is 4.74 Å². The van der Waals surface area contributed by atoms with Crippen LogP contribution in [0.1, 0.15) is 29.5 Å². The Bertz CT molecular complexity index is 1190. The van der Waals surface area contributed by atoms with Gasteiger partial charge in [-0.3, -0.25) is 9.80 Å². The van der Waals surface area contributed by atoms with Gasteiger partial charge in [0.1, 0.15) is 11.6 Å². The van der Waals surface area contributed by atoms with E-state index < -0.39 is 0 Å². The first kappa shape index (κ1) is 22.4. The molecule has 0 aromatic heterocycles. The lowest BCUT2D eigenvalue weighted by atomic mass is 9.74. The zero-order valence-electron chi connectivity index (χ0n) is 19.7. The Morgan fingerprint density at radius 2 is 1.82 bits per heavy atom. The molecule has 2 amide bonds. The molecule has 2 heterocycles. The highest BCUT2D eigenvalue weighted by Gasteiger charge is 2.46. The van der Waals surface area contributed by atoms with Crippen LogP contribution >= 0.6 is 0 Å². The number of benzene rings is 3. The summed E-state index contributed by atoms with van der Waals surface area (Å²) in [6.07, 6.45) is 1.92. The van der Waals surface area contributed by atoms with Crippen molar-refractivity contribution in [3.63, 3.8) is 0 Å². The maximum absolute atomic E-state index is 13.6. The SMILES string of the molecule is COc1ccc2c(c1)C1(CCN(Cc3ccc(C)cc3)CC1)CN2C(=O)Nc1cccc(F)c1. The van der Waals surface area contributed by atoms with E-state index in [0.717, 1.165) is 49.5 Å². The fourth-order valence-electron chi connectivity index (χ4n) is 5.23. The van der Waals surface area contributed by atoms with Crippen LogP contribution in [0.5, 0.6) is 5.75 Å². The lowest BCUT2D eigenvalue weighted by Crippen LogP contribution is -2.46. The average Bonchev–Trinajstić information content (AvgIpc) is 3.15. The second kappa shape index (κ2) is 9.11.